The summed E-state index contributed by atoms with van der Waals surface area (Å²) >= 11 is 0. The molecule has 0 saturated heterocycles. The number of aliphatic carboxylic acids is 2. The Morgan fingerprint density at radius 3 is 2.19 bits per heavy atom. The number of nitrogens with one attached hydrogen (secondary N) is 1. The van der Waals surface area contributed by atoms with E-state index < -0.39 is 18.1 Å². The molecule has 1 aromatic heterocycles. The zero-order valence-electron chi connectivity index (χ0n) is 7.69. The first-order valence-electron chi connectivity index (χ1n) is 3.75. The van der Waals surface area contributed by atoms with Crippen LogP contribution in [0.15, 0.2) is 18.7 Å². The number of hydrogen-bond acceptors (Lipinski definition) is 3. The second-order valence-corrected chi connectivity index (χ2v) is 2.46. The number of halogens is 3. The minimum atomic E-state index is -5.19. The third kappa shape index (κ3) is 6.40. The van der Waals surface area contributed by atoms with Gasteiger partial charge in [0.05, 0.1) is 0 Å². The van der Waals surface area contributed by atoms with Crippen LogP contribution < -0.4 is 9.67 Å². The van der Waals surface area contributed by atoms with E-state index in [1.165, 1.54) is 0 Å². The van der Waals surface area contributed by atoms with E-state index in [1.54, 1.807) is 23.3 Å². The molecule has 0 aliphatic carbocycles. The molecule has 1 aromatic rings. The van der Waals surface area contributed by atoms with Gasteiger partial charge in [-0.1, -0.05) is 0 Å². The number of H-pyrrole nitrogens is 1. The van der Waals surface area contributed by atoms with Gasteiger partial charge in [0.15, 0.2) is 6.54 Å². The van der Waals surface area contributed by atoms with Gasteiger partial charge in [-0.15, -0.1) is 0 Å². The van der Waals surface area contributed by atoms with Gasteiger partial charge in [0.25, 0.3) is 0 Å². The molecule has 9 heteroatoms. The molecule has 0 spiro atoms. The van der Waals surface area contributed by atoms with Crippen molar-refractivity contribution in [3.63, 3.8) is 0 Å². The fraction of sp³-hybridized carbons (Fsp3) is 0.286. The van der Waals surface area contributed by atoms with E-state index in [1.807, 2.05) is 0 Å². The lowest BCUT2D eigenvalue weighted by Crippen LogP contribution is -2.37. The molecule has 0 aromatic carbocycles. The van der Waals surface area contributed by atoms with E-state index in [-0.39, 0.29) is 6.54 Å². The average Bonchev–Trinajstić information content (AvgIpc) is 2.54. The lowest BCUT2D eigenvalue weighted by atomic mass is 10.6. The quantitative estimate of drug-likeness (QED) is 0.627. The van der Waals surface area contributed by atoms with Crippen molar-refractivity contribution in [3.8, 4) is 0 Å². The summed E-state index contributed by atoms with van der Waals surface area (Å²) in [5, 5.41) is 17.0. The summed E-state index contributed by atoms with van der Waals surface area (Å²) in [7, 11) is 0. The van der Waals surface area contributed by atoms with Crippen LogP contribution in [-0.2, 0) is 16.1 Å². The molecule has 0 saturated carbocycles. The average molecular weight is 240 g/mol. The number of carboxylic acids is 2. The number of nitrogens with zero attached hydrogens (tertiary/aromatic N) is 1. The molecule has 1 heterocycles. The molecule has 2 N–H and O–H groups in total. The molecule has 0 aliphatic rings. The zero-order chi connectivity index (χ0) is 12.8. The summed E-state index contributed by atoms with van der Waals surface area (Å²) in [5.41, 5.74) is 0. The van der Waals surface area contributed by atoms with Gasteiger partial charge in [0, 0.05) is 0 Å². The predicted octanol–water partition coefficient (Wildman–Crippen LogP) is -1.31. The molecule has 0 bridgehead atoms. The van der Waals surface area contributed by atoms with Gasteiger partial charge >= 0.3 is 12.1 Å². The molecule has 6 nitrogen and oxygen atoms in total. The van der Waals surface area contributed by atoms with E-state index in [0.29, 0.717) is 0 Å². The monoisotopic (exact) mass is 240 g/mol. The van der Waals surface area contributed by atoms with Crippen LogP contribution in [0, 0.1) is 0 Å². The number of carboxylic acid groups (broad SMARTS) is 2. The Morgan fingerprint density at radius 2 is 1.94 bits per heavy atom. The molecule has 90 valence electrons. The minimum absolute atomic E-state index is 0.0174. The molecule has 0 fully saturated rings. The van der Waals surface area contributed by atoms with Crippen molar-refractivity contribution in [2.75, 3.05) is 0 Å². The van der Waals surface area contributed by atoms with Gasteiger partial charge in [-0.05, 0) is 0 Å². The van der Waals surface area contributed by atoms with E-state index in [4.69, 9.17) is 15.0 Å². The van der Waals surface area contributed by atoms with Gasteiger partial charge in [-0.3, -0.25) is 4.98 Å². The molecular formula is C7H7F3N2O4. The Hall–Kier alpha value is -2.06. The van der Waals surface area contributed by atoms with Crippen LogP contribution in [0.2, 0.25) is 0 Å². The lowest BCUT2D eigenvalue weighted by molar-refractivity contribution is -0.684. The number of aromatic nitrogens is 2. The standard InChI is InChI=1S/C5H6N2O2.C2HF3O2/c8-5(9)3-7-2-1-6-4-7;3-2(4,5)1(6)7/h1-2,4H,3H2,(H,8,9);(H,6,7). The van der Waals surface area contributed by atoms with Gasteiger partial charge in [0.1, 0.15) is 18.4 Å². The molecule has 0 unspecified atom stereocenters. The Balaban J connectivity index is 0.000000293. The molecule has 0 radical (unpaired) electrons. The van der Waals surface area contributed by atoms with Crippen LogP contribution in [0.4, 0.5) is 13.2 Å². The summed E-state index contributed by atoms with van der Waals surface area (Å²) in [6.45, 7) is 0.0174. The van der Waals surface area contributed by atoms with Crippen molar-refractivity contribution >= 4 is 11.9 Å². The lowest BCUT2D eigenvalue weighted by Gasteiger charge is -2.03. The SMILES string of the molecule is O=C(O)C[n+]1cc[nH]c1.O=C([O-])C(F)(F)F. The maximum atomic E-state index is 10.5. The number of hydrogen-bond donors (Lipinski definition) is 2. The number of carbonyl (C=O) groups excluding carboxylic acids is 1. The van der Waals surface area contributed by atoms with Crippen molar-refractivity contribution < 1.29 is 37.5 Å². The first-order chi connectivity index (χ1) is 7.23. The highest BCUT2D eigenvalue weighted by Crippen LogP contribution is 2.11. The van der Waals surface area contributed by atoms with Crippen molar-refractivity contribution in [1.82, 2.24) is 4.98 Å². The van der Waals surface area contributed by atoms with Gasteiger partial charge < -0.3 is 15.0 Å². The fourth-order valence-electron chi connectivity index (χ4n) is 0.575. The Labute approximate surface area is 86.9 Å². The molecule has 1 rings (SSSR count). The van der Waals surface area contributed by atoms with Crippen LogP contribution in [0.5, 0.6) is 0 Å². The van der Waals surface area contributed by atoms with Crippen LogP contribution in [0.25, 0.3) is 0 Å². The summed E-state index contributed by atoms with van der Waals surface area (Å²) in [4.78, 5) is 21.6. The largest absolute Gasteiger partial charge is 0.542 e. The van der Waals surface area contributed by atoms with E-state index in [9.17, 15) is 18.0 Å². The number of alkyl halides is 3. The third-order valence-corrected chi connectivity index (χ3v) is 1.15. The summed E-state index contributed by atoms with van der Waals surface area (Å²) < 4.78 is 33.1. The maximum Gasteiger partial charge on any atom is 0.430 e. The number of rotatable bonds is 2. The van der Waals surface area contributed by atoms with E-state index in [0.717, 1.165) is 0 Å². The Bertz CT molecular complexity index is 347. The normalized spacial score (nSPS) is 10.2. The van der Waals surface area contributed by atoms with Crippen molar-refractivity contribution in [2.45, 2.75) is 12.7 Å². The van der Waals surface area contributed by atoms with Crippen LogP contribution in [0.3, 0.4) is 0 Å². The van der Waals surface area contributed by atoms with Gasteiger partial charge in [-0.2, -0.15) is 13.2 Å². The van der Waals surface area contributed by atoms with Crippen molar-refractivity contribution in [1.29, 1.82) is 0 Å². The first kappa shape index (κ1) is 13.9. The topological polar surface area (TPSA) is 97.1 Å². The first-order valence-corrected chi connectivity index (χ1v) is 3.75. The highest BCUT2D eigenvalue weighted by molar-refractivity contribution is 5.70. The number of imidazole rings is 1. The van der Waals surface area contributed by atoms with Crippen LogP contribution >= 0.6 is 0 Å². The van der Waals surface area contributed by atoms with Crippen molar-refractivity contribution in [2.24, 2.45) is 0 Å². The molecule has 0 atom stereocenters. The highest BCUT2D eigenvalue weighted by atomic mass is 19.4. The number of aromatic amines is 1. The number of carbonyl (C=O) groups is 2. The summed E-state index contributed by atoms with van der Waals surface area (Å²) in [5.74, 6) is -3.84. The molecular weight excluding hydrogens is 233 g/mol. The van der Waals surface area contributed by atoms with Crippen molar-refractivity contribution in [3.05, 3.63) is 18.7 Å². The van der Waals surface area contributed by atoms with E-state index in [2.05, 4.69) is 4.98 Å². The zero-order valence-corrected chi connectivity index (χ0v) is 7.69. The predicted molar refractivity (Wildman–Crippen MR) is 39.7 cm³/mol. The van der Waals surface area contributed by atoms with Gasteiger partial charge in [-0.25, -0.2) is 9.36 Å². The van der Waals surface area contributed by atoms with Crippen LogP contribution in [-0.4, -0.2) is 28.2 Å². The summed E-state index contributed by atoms with van der Waals surface area (Å²) in [6.07, 6.45) is -0.273. The Morgan fingerprint density at radius 1 is 1.44 bits per heavy atom. The Kier molecular flexibility index (Phi) is 4.99. The fourth-order valence-corrected chi connectivity index (χ4v) is 0.575. The maximum absolute atomic E-state index is 10.5. The molecule has 0 amide bonds. The molecule has 0 aliphatic heterocycles. The second-order valence-electron chi connectivity index (χ2n) is 2.46. The van der Waals surface area contributed by atoms with E-state index >= 15 is 0 Å². The second kappa shape index (κ2) is 5.73. The minimum Gasteiger partial charge on any atom is -0.542 e. The summed E-state index contributed by atoms with van der Waals surface area (Å²) in [6, 6.07) is 0. The third-order valence-electron chi connectivity index (χ3n) is 1.15. The van der Waals surface area contributed by atoms with Gasteiger partial charge in [0.2, 0.25) is 6.33 Å². The smallest absolute Gasteiger partial charge is 0.430 e. The highest BCUT2D eigenvalue weighted by Gasteiger charge is 2.28. The van der Waals surface area contributed by atoms with Crippen LogP contribution in [0.1, 0.15) is 0 Å². The molecule has 16 heavy (non-hydrogen) atoms.